The van der Waals surface area contributed by atoms with E-state index < -0.39 is 0 Å². The van der Waals surface area contributed by atoms with Crippen molar-refractivity contribution in [1.82, 2.24) is 20.4 Å². The summed E-state index contributed by atoms with van der Waals surface area (Å²) in [5.74, 6) is 0.123. The SMILES string of the molecule is CCc1cc(CNC(=O)C2CCCCN2Cc2ccccc2)[nH]n1. The average molecular weight is 326 g/mol. The number of piperidine rings is 1. The van der Waals surface area contributed by atoms with Crippen molar-refractivity contribution in [3.63, 3.8) is 0 Å². The Morgan fingerprint density at radius 1 is 1.33 bits per heavy atom. The van der Waals surface area contributed by atoms with Crippen molar-refractivity contribution in [1.29, 1.82) is 0 Å². The molecule has 0 bridgehead atoms. The van der Waals surface area contributed by atoms with Crippen molar-refractivity contribution in [3.05, 3.63) is 53.3 Å². The minimum Gasteiger partial charge on any atom is -0.349 e. The number of rotatable bonds is 6. The molecule has 5 nitrogen and oxygen atoms in total. The van der Waals surface area contributed by atoms with Crippen LogP contribution in [0.5, 0.6) is 0 Å². The van der Waals surface area contributed by atoms with Gasteiger partial charge in [0.2, 0.25) is 5.91 Å². The number of hydrogen-bond acceptors (Lipinski definition) is 3. The molecule has 2 N–H and O–H groups in total. The molecule has 1 aliphatic rings. The van der Waals surface area contributed by atoms with Gasteiger partial charge in [-0.15, -0.1) is 0 Å². The molecule has 1 aromatic carbocycles. The Morgan fingerprint density at radius 3 is 2.92 bits per heavy atom. The van der Waals surface area contributed by atoms with Crippen molar-refractivity contribution in [2.45, 2.75) is 51.7 Å². The van der Waals surface area contributed by atoms with Crippen molar-refractivity contribution in [2.75, 3.05) is 6.54 Å². The van der Waals surface area contributed by atoms with Crippen molar-refractivity contribution in [2.24, 2.45) is 0 Å². The summed E-state index contributed by atoms with van der Waals surface area (Å²) in [5.41, 5.74) is 3.26. The number of benzene rings is 1. The number of amides is 1. The zero-order chi connectivity index (χ0) is 16.8. The molecule has 128 valence electrons. The van der Waals surface area contributed by atoms with Gasteiger partial charge >= 0.3 is 0 Å². The van der Waals surface area contributed by atoms with Crippen LogP contribution in [0.3, 0.4) is 0 Å². The Hall–Kier alpha value is -2.14. The van der Waals surface area contributed by atoms with E-state index in [-0.39, 0.29) is 11.9 Å². The van der Waals surface area contributed by atoms with E-state index in [4.69, 9.17) is 0 Å². The van der Waals surface area contributed by atoms with Crippen LogP contribution in [0.1, 0.15) is 43.1 Å². The van der Waals surface area contributed by atoms with E-state index in [1.807, 2.05) is 12.1 Å². The smallest absolute Gasteiger partial charge is 0.237 e. The van der Waals surface area contributed by atoms with Crippen LogP contribution in [0.25, 0.3) is 0 Å². The molecule has 1 amide bonds. The standard InChI is InChI=1S/C19H26N4O/c1-2-16-12-17(22-21-16)13-20-19(24)18-10-6-7-11-23(18)14-15-8-4-3-5-9-15/h3-5,8-9,12,18H,2,6-7,10-11,13-14H2,1H3,(H,20,24)(H,21,22). The predicted octanol–water partition coefficient (Wildman–Crippen LogP) is 2.64. The minimum absolute atomic E-state index is 0.0347. The monoisotopic (exact) mass is 326 g/mol. The summed E-state index contributed by atoms with van der Waals surface area (Å²) in [7, 11) is 0. The van der Waals surface area contributed by atoms with Crippen LogP contribution in [0.4, 0.5) is 0 Å². The van der Waals surface area contributed by atoms with Crippen LogP contribution in [-0.4, -0.2) is 33.6 Å². The summed E-state index contributed by atoms with van der Waals surface area (Å²) in [6.07, 6.45) is 4.12. The first-order chi connectivity index (χ1) is 11.8. The van der Waals surface area contributed by atoms with Crippen LogP contribution in [0.2, 0.25) is 0 Å². The van der Waals surface area contributed by atoms with Crippen molar-refractivity contribution < 1.29 is 4.79 Å². The Kier molecular flexibility index (Phi) is 5.64. The Balaban J connectivity index is 1.58. The van der Waals surface area contributed by atoms with Gasteiger partial charge in [0.1, 0.15) is 0 Å². The number of likely N-dealkylation sites (tertiary alicyclic amines) is 1. The molecular weight excluding hydrogens is 300 g/mol. The summed E-state index contributed by atoms with van der Waals surface area (Å²) < 4.78 is 0. The molecule has 1 saturated heterocycles. The number of H-pyrrole nitrogens is 1. The molecule has 0 saturated carbocycles. The van der Waals surface area contributed by atoms with Gasteiger partial charge in [-0.1, -0.05) is 43.7 Å². The Morgan fingerprint density at radius 2 is 2.17 bits per heavy atom. The van der Waals surface area contributed by atoms with Crippen LogP contribution < -0.4 is 5.32 Å². The van der Waals surface area contributed by atoms with Crippen molar-refractivity contribution >= 4 is 5.91 Å². The second kappa shape index (κ2) is 8.11. The van der Waals surface area contributed by atoms with E-state index in [0.717, 1.165) is 50.2 Å². The first kappa shape index (κ1) is 16.7. The molecule has 1 unspecified atom stereocenters. The van der Waals surface area contributed by atoms with E-state index in [2.05, 4.69) is 51.6 Å². The first-order valence-corrected chi connectivity index (χ1v) is 8.85. The van der Waals surface area contributed by atoms with Crippen LogP contribution in [0, 0.1) is 0 Å². The highest BCUT2D eigenvalue weighted by Crippen LogP contribution is 2.20. The van der Waals surface area contributed by atoms with Gasteiger partial charge in [-0.25, -0.2) is 0 Å². The number of aromatic nitrogens is 2. The summed E-state index contributed by atoms with van der Waals surface area (Å²) in [6.45, 7) is 4.41. The first-order valence-electron chi connectivity index (χ1n) is 8.85. The molecule has 2 heterocycles. The fourth-order valence-electron chi connectivity index (χ4n) is 3.28. The second-order valence-electron chi connectivity index (χ2n) is 6.42. The topological polar surface area (TPSA) is 61.0 Å². The molecule has 3 rings (SSSR count). The van der Waals surface area contributed by atoms with Crippen molar-refractivity contribution in [3.8, 4) is 0 Å². The predicted molar refractivity (Wildman–Crippen MR) is 94.3 cm³/mol. The van der Waals surface area contributed by atoms with Gasteiger partial charge in [-0.05, 0) is 37.4 Å². The highest BCUT2D eigenvalue weighted by atomic mass is 16.2. The zero-order valence-corrected chi connectivity index (χ0v) is 14.3. The van der Waals surface area contributed by atoms with Crippen LogP contribution in [0.15, 0.2) is 36.4 Å². The average Bonchev–Trinajstić information content (AvgIpc) is 3.09. The molecule has 1 aliphatic heterocycles. The van der Waals surface area contributed by atoms with E-state index >= 15 is 0 Å². The maximum atomic E-state index is 12.7. The number of carbonyl (C=O) groups is 1. The normalized spacial score (nSPS) is 18.5. The van der Waals surface area contributed by atoms with Gasteiger partial charge in [0.25, 0.3) is 0 Å². The lowest BCUT2D eigenvalue weighted by molar-refractivity contribution is -0.128. The molecule has 0 spiro atoms. The number of aromatic amines is 1. The van der Waals surface area contributed by atoms with Crippen LogP contribution >= 0.6 is 0 Å². The second-order valence-corrected chi connectivity index (χ2v) is 6.42. The van der Waals surface area contributed by atoms with Crippen LogP contribution in [-0.2, 0) is 24.3 Å². The summed E-state index contributed by atoms with van der Waals surface area (Å²) >= 11 is 0. The Bertz CT molecular complexity index is 652. The van der Waals surface area contributed by atoms with Gasteiger partial charge in [-0.3, -0.25) is 14.8 Å². The van der Waals surface area contributed by atoms with E-state index in [1.165, 1.54) is 5.56 Å². The lowest BCUT2D eigenvalue weighted by Gasteiger charge is -2.34. The Labute approximate surface area is 143 Å². The quantitative estimate of drug-likeness (QED) is 0.858. The maximum absolute atomic E-state index is 12.7. The van der Waals surface area contributed by atoms with Gasteiger partial charge in [0, 0.05) is 6.54 Å². The molecule has 0 aliphatic carbocycles. The minimum atomic E-state index is -0.0347. The molecule has 1 atom stereocenters. The number of hydrogen-bond donors (Lipinski definition) is 2. The highest BCUT2D eigenvalue weighted by Gasteiger charge is 2.28. The third kappa shape index (κ3) is 4.23. The zero-order valence-electron chi connectivity index (χ0n) is 14.3. The van der Waals surface area contributed by atoms with E-state index in [0.29, 0.717) is 6.54 Å². The maximum Gasteiger partial charge on any atom is 0.237 e. The molecule has 24 heavy (non-hydrogen) atoms. The number of nitrogens with one attached hydrogen (secondary N) is 2. The van der Waals surface area contributed by atoms with Gasteiger partial charge < -0.3 is 5.32 Å². The number of aryl methyl sites for hydroxylation is 1. The van der Waals surface area contributed by atoms with E-state index in [9.17, 15) is 4.79 Å². The molecule has 0 radical (unpaired) electrons. The summed E-state index contributed by atoms with van der Waals surface area (Å²) in [6, 6.07) is 12.4. The number of nitrogens with zero attached hydrogens (tertiary/aromatic N) is 2. The summed E-state index contributed by atoms with van der Waals surface area (Å²) in [5, 5.41) is 10.3. The molecule has 2 aromatic rings. The molecule has 1 fully saturated rings. The molecule has 1 aromatic heterocycles. The lowest BCUT2D eigenvalue weighted by atomic mass is 10.0. The van der Waals surface area contributed by atoms with E-state index in [1.54, 1.807) is 0 Å². The van der Waals surface area contributed by atoms with Gasteiger partial charge in [0.05, 0.1) is 24.0 Å². The third-order valence-electron chi connectivity index (χ3n) is 4.64. The third-order valence-corrected chi connectivity index (χ3v) is 4.64. The number of carbonyl (C=O) groups excluding carboxylic acids is 1. The van der Waals surface area contributed by atoms with Gasteiger partial charge in [0.15, 0.2) is 0 Å². The molecular formula is C19H26N4O. The largest absolute Gasteiger partial charge is 0.349 e. The fraction of sp³-hybridized carbons (Fsp3) is 0.474. The van der Waals surface area contributed by atoms with Gasteiger partial charge in [-0.2, -0.15) is 5.10 Å². The fourth-order valence-corrected chi connectivity index (χ4v) is 3.28. The highest BCUT2D eigenvalue weighted by molar-refractivity contribution is 5.81. The molecule has 5 heteroatoms. The summed E-state index contributed by atoms with van der Waals surface area (Å²) in [4.78, 5) is 15.0. The lowest BCUT2D eigenvalue weighted by Crippen LogP contribution is -2.48.